The standard InChI is InChI=1S/C10H18ClNO3/c1-7(13)12-8(10(2,3)4)9(14)15-6-5-11/h8H,5-6H2,1-4H3,(H,12,13)/t8-/m1/s1. The fourth-order valence-corrected chi connectivity index (χ4v) is 1.13. The number of hydrogen-bond donors (Lipinski definition) is 1. The van der Waals surface area contributed by atoms with Crippen LogP contribution in [0.15, 0.2) is 0 Å². The van der Waals surface area contributed by atoms with Crippen LogP contribution < -0.4 is 5.32 Å². The zero-order valence-electron chi connectivity index (χ0n) is 9.59. The summed E-state index contributed by atoms with van der Waals surface area (Å²) in [5.41, 5.74) is -0.380. The molecule has 0 fully saturated rings. The highest BCUT2D eigenvalue weighted by atomic mass is 35.5. The maximum Gasteiger partial charge on any atom is 0.329 e. The molecule has 0 rings (SSSR count). The number of esters is 1. The number of rotatable bonds is 4. The molecule has 0 aromatic rings. The van der Waals surface area contributed by atoms with E-state index in [0.717, 1.165) is 0 Å². The van der Waals surface area contributed by atoms with Crippen LogP contribution in [0.3, 0.4) is 0 Å². The topological polar surface area (TPSA) is 55.4 Å². The van der Waals surface area contributed by atoms with Gasteiger partial charge in [-0.15, -0.1) is 11.6 Å². The number of nitrogens with one attached hydrogen (secondary N) is 1. The molecule has 0 heterocycles. The van der Waals surface area contributed by atoms with E-state index in [9.17, 15) is 9.59 Å². The predicted octanol–water partition coefficient (Wildman–Crippen LogP) is 1.32. The molecule has 0 aromatic heterocycles. The molecule has 0 aliphatic rings. The molecule has 0 aliphatic heterocycles. The molecule has 0 saturated carbocycles. The van der Waals surface area contributed by atoms with Gasteiger partial charge in [-0.05, 0) is 5.41 Å². The molecule has 1 amide bonds. The maximum absolute atomic E-state index is 11.6. The Bertz CT molecular complexity index is 235. The third-order valence-corrected chi connectivity index (χ3v) is 1.93. The molecular formula is C10H18ClNO3. The van der Waals surface area contributed by atoms with Gasteiger partial charge in [0, 0.05) is 6.92 Å². The minimum absolute atomic E-state index is 0.159. The summed E-state index contributed by atoms with van der Waals surface area (Å²) in [6.45, 7) is 7.10. The summed E-state index contributed by atoms with van der Waals surface area (Å²) in [5.74, 6) is -0.445. The molecule has 1 N–H and O–H groups in total. The first-order valence-corrected chi connectivity index (χ1v) is 5.32. The van der Waals surface area contributed by atoms with Crippen molar-refractivity contribution in [2.24, 2.45) is 5.41 Å². The van der Waals surface area contributed by atoms with Crippen molar-refractivity contribution in [3.05, 3.63) is 0 Å². The predicted molar refractivity (Wildman–Crippen MR) is 58.7 cm³/mol. The molecule has 0 radical (unpaired) electrons. The highest BCUT2D eigenvalue weighted by molar-refractivity contribution is 6.18. The van der Waals surface area contributed by atoms with Crippen molar-refractivity contribution in [2.45, 2.75) is 33.7 Å². The fraction of sp³-hybridized carbons (Fsp3) is 0.800. The van der Waals surface area contributed by atoms with Gasteiger partial charge in [-0.2, -0.15) is 0 Å². The molecule has 1 atom stereocenters. The van der Waals surface area contributed by atoms with Gasteiger partial charge in [0.05, 0.1) is 5.88 Å². The Morgan fingerprint density at radius 2 is 1.93 bits per heavy atom. The zero-order chi connectivity index (χ0) is 12.1. The van der Waals surface area contributed by atoms with Gasteiger partial charge >= 0.3 is 5.97 Å². The summed E-state index contributed by atoms with van der Waals surface area (Å²) < 4.78 is 4.90. The zero-order valence-corrected chi connectivity index (χ0v) is 10.4. The van der Waals surface area contributed by atoms with Crippen LogP contribution in [-0.2, 0) is 14.3 Å². The second-order valence-corrected chi connectivity index (χ2v) is 4.73. The number of hydrogen-bond acceptors (Lipinski definition) is 3. The summed E-state index contributed by atoms with van der Waals surface area (Å²) >= 11 is 5.41. The molecule has 15 heavy (non-hydrogen) atoms. The fourth-order valence-electron chi connectivity index (χ4n) is 1.05. The number of ether oxygens (including phenoxy) is 1. The second kappa shape index (κ2) is 5.95. The number of halogens is 1. The smallest absolute Gasteiger partial charge is 0.329 e. The molecule has 0 aliphatic carbocycles. The van der Waals surface area contributed by atoms with Crippen molar-refractivity contribution in [3.8, 4) is 0 Å². The van der Waals surface area contributed by atoms with E-state index in [4.69, 9.17) is 16.3 Å². The molecule has 0 spiro atoms. The Hall–Kier alpha value is -0.770. The van der Waals surface area contributed by atoms with Crippen LogP contribution in [-0.4, -0.2) is 30.4 Å². The number of carbonyl (C=O) groups excluding carboxylic acids is 2. The lowest BCUT2D eigenvalue weighted by Gasteiger charge is -2.28. The van der Waals surface area contributed by atoms with Crippen LogP contribution in [0, 0.1) is 5.41 Å². The van der Waals surface area contributed by atoms with Crippen LogP contribution in [0.2, 0.25) is 0 Å². The van der Waals surface area contributed by atoms with Crippen molar-refractivity contribution in [3.63, 3.8) is 0 Å². The summed E-state index contributed by atoms with van der Waals surface area (Å²) in [7, 11) is 0. The van der Waals surface area contributed by atoms with E-state index in [1.807, 2.05) is 20.8 Å². The molecule has 88 valence electrons. The quantitative estimate of drug-likeness (QED) is 0.591. The highest BCUT2D eigenvalue weighted by Gasteiger charge is 2.33. The largest absolute Gasteiger partial charge is 0.463 e. The lowest BCUT2D eigenvalue weighted by molar-refractivity contribution is -0.150. The van der Waals surface area contributed by atoms with Crippen LogP contribution in [0.25, 0.3) is 0 Å². The van der Waals surface area contributed by atoms with Crippen LogP contribution in [0.5, 0.6) is 0 Å². The van der Waals surface area contributed by atoms with Gasteiger partial charge in [-0.25, -0.2) is 4.79 Å². The molecule has 0 aromatic carbocycles. The Morgan fingerprint density at radius 1 is 1.40 bits per heavy atom. The van der Waals surface area contributed by atoms with E-state index in [1.165, 1.54) is 6.92 Å². The van der Waals surface area contributed by atoms with Gasteiger partial charge in [0.2, 0.25) is 5.91 Å². The van der Waals surface area contributed by atoms with E-state index < -0.39 is 12.0 Å². The Morgan fingerprint density at radius 3 is 2.27 bits per heavy atom. The van der Waals surface area contributed by atoms with Gasteiger partial charge in [-0.1, -0.05) is 20.8 Å². The van der Waals surface area contributed by atoms with E-state index in [2.05, 4.69) is 5.32 Å². The first kappa shape index (κ1) is 14.2. The summed E-state index contributed by atoms with van der Waals surface area (Å²) in [6, 6.07) is -0.641. The normalized spacial score (nSPS) is 13.1. The summed E-state index contributed by atoms with van der Waals surface area (Å²) in [4.78, 5) is 22.5. The van der Waals surface area contributed by atoms with Crippen molar-refractivity contribution in [1.82, 2.24) is 5.32 Å². The van der Waals surface area contributed by atoms with Crippen molar-refractivity contribution in [2.75, 3.05) is 12.5 Å². The molecule has 4 nitrogen and oxygen atoms in total. The lowest BCUT2D eigenvalue weighted by Crippen LogP contribution is -2.49. The molecule has 0 unspecified atom stereocenters. The molecule has 0 bridgehead atoms. The minimum Gasteiger partial charge on any atom is -0.463 e. The maximum atomic E-state index is 11.6. The van der Waals surface area contributed by atoms with Crippen molar-refractivity contribution < 1.29 is 14.3 Å². The lowest BCUT2D eigenvalue weighted by atomic mass is 9.87. The van der Waals surface area contributed by atoms with Gasteiger partial charge in [0.1, 0.15) is 12.6 Å². The second-order valence-electron chi connectivity index (χ2n) is 4.36. The number of amides is 1. The first-order chi connectivity index (χ1) is 6.79. The third-order valence-electron chi connectivity index (χ3n) is 1.77. The van der Waals surface area contributed by atoms with E-state index in [0.29, 0.717) is 0 Å². The first-order valence-electron chi connectivity index (χ1n) is 4.78. The SMILES string of the molecule is CC(=O)N[C@H](C(=O)OCCCl)C(C)(C)C. The highest BCUT2D eigenvalue weighted by Crippen LogP contribution is 2.20. The van der Waals surface area contributed by atoms with Crippen molar-refractivity contribution in [1.29, 1.82) is 0 Å². The van der Waals surface area contributed by atoms with Crippen LogP contribution >= 0.6 is 11.6 Å². The molecule has 0 saturated heterocycles. The summed E-state index contributed by atoms with van der Waals surface area (Å²) in [5, 5.41) is 2.57. The Balaban J connectivity index is 4.49. The van der Waals surface area contributed by atoms with Gasteiger partial charge in [0.15, 0.2) is 0 Å². The third kappa shape index (κ3) is 5.62. The van der Waals surface area contributed by atoms with Gasteiger partial charge in [0.25, 0.3) is 0 Å². The van der Waals surface area contributed by atoms with Gasteiger partial charge < -0.3 is 10.1 Å². The van der Waals surface area contributed by atoms with E-state index in [-0.39, 0.29) is 23.8 Å². The molecule has 5 heteroatoms. The van der Waals surface area contributed by atoms with Gasteiger partial charge in [-0.3, -0.25) is 4.79 Å². The average Bonchev–Trinajstić information content (AvgIpc) is 2.08. The number of alkyl halides is 1. The average molecular weight is 236 g/mol. The summed E-state index contributed by atoms with van der Waals surface area (Å²) in [6.07, 6.45) is 0. The number of carbonyl (C=O) groups is 2. The Kier molecular flexibility index (Phi) is 5.65. The Labute approximate surface area is 95.3 Å². The monoisotopic (exact) mass is 235 g/mol. The van der Waals surface area contributed by atoms with Crippen LogP contribution in [0.4, 0.5) is 0 Å². The van der Waals surface area contributed by atoms with Crippen molar-refractivity contribution >= 4 is 23.5 Å². The van der Waals surface area contributed by atoms with E-state index >= 15 is 0 Å². The van der Waals surface area contributed by atoms with Crippen LogP contribution in [0.1, 0.15) is 27.7 Å². The minimum atomic E-state index is -0.641. The molecular weight excluding hydrogens is 218 g/mol. The van der Waals surface area contributed by atoms with E-state index in [1.54, 1.807) is 0 Å².